The van der Waals surface area contributed by atoms with Crippen LogP contribution in [-0.4, -0.2) is 59.4 Å². The van der Waals surface area contributed by atoms with Crippen molar-refractivity contribution in [3.05, 3.63) is 18.1 Å². The zero-order chi connectivity index (χ0) is 16.8. The highest BCUT2D eigenvalue weighted by molar-refractivity contribution is 5.89. The molecule has 0 bridgehead atoms. The van der Waals surface area contributed by atoms with Gasteiger partial charge in [-0.25, -0.2) is 9.97 Å². The molecule has 0 aliphatic carbocycles. The van der Waals surface area contributed by atoms with Crippen molar-refractivity contribution in [2.24, 2.45) is 0 Å². The Morgan fingerprint density at radius 3 is 2.78 bits per heavy atom. The number of anilines is 1. The van der Waals surface area contributed by atoms with Crippen molar-refractivity contribution < 1.29 is 25.2 Å². The predicted octanol–water partition coefficient (Wildman–Crippen LogP) is -1.88. The highest BCUT2D eigenvalue weighted by Gasteiger charge is 2.55. The average molecular weight is 320 g/mol. The molecule has 3 heterocycles. The lowest BCUT2D eigenvalue weighted by Crippen LogP contribution is -2.45. The Kier molecular flexibility index (Phi) is 3.71. The van der Waals surface area contributed by atoms with Crippen LogP contribution in [0.4, 0.5) is 5.82 Å². The predicted molar refractivity (Wildman–Crippen MR) is 78.6 cm³/mol. The Morgan fingerprint density at radius 1 is 1.43 bits per heavy atom. The molecule has 0 saturated carbocycles. The second-order valence-electron chi connectivity index (χ2n) is 5.30. The third-order valence-corrected chi connectivity index (χ3v) is 4.03. The van der Waals surface area contributed by atoms with Gasteiger partial charge >= 0.3 is 0 Å². The first kappa shape index (κ1) is 15.7. The first-order valence-electron chi connectivity index (χ1n) is 6.83. The van der Waals surface area contributed by atoms with Crippen LogP contribution in [0.3, 0.4) is 0 Å². The molecule has 122 valence electrons. The SMILES string of the molecule is C#C[C@@]1(O)[C@H](O)[C@@H](CO)O[C@H]1n1cc(CO)c2c(N)ncnc21. The number of fused-ring (bicyclic) bond motifs is 1. The summed E-state index contributed by atoms with van der Waals surface area (Å²) in [5.41, 5.74) is 4.44. The van der Waals surface area contributed by atoms with Gasteiger partial charge in [0.25, 0.3) is 0 Å². The third kappa shape index (κ3) is 2.08. The minimum atomic E-state index is -2.08. The van der Waals surface area contributed by atoms with Crippen molar-refractivity contribution in [1.82, 2.24) is 14.5 Å². The number of aromatic nitrogens is 3. The fourth-order valence-corrected chi connectivity index (χ4v) is 2.84. The van der Waals surface area contributed by atoms with Gasteiger partial charge < -0.3 is 35.5 Å². The first-order chi connectivity index (χ1) is 11.0. The molecular weight excluding hydrogens is 304 g/mol. The summed E-state index contributed by atoms with van der Waals surface area (Å²) in [6.07, 6.45) is 4.30. The van der Waals surface area contributed by atoms with Gasteiger partial charge in [-0.2, -0.15) is 0 Å². The van der Waals surface area contributed by atoms with E-state index in [2.05, 4.69) is 15.9 Å². The van der Waals surface area contributed by atoms with Crippen LogP contribution in [0.15, 0.2) is 12.5 Å². The molecule has 9 nitrogen and oxygen atoms in total. The molecule has 9 heteroatoms. The number of nitrogens with zero attached hydrogens (tertiary/aromatic N) is 3. The number of rotatable bonds is 3. The summed E-state index contributed by atoms with van der Waals surface area (Å²) >= 11 is 0. The van der Waals surface area contributed by atoms with E-state index < -0.39 is 30.6 Å². The molecule has 1 fully saturated rings. The van der Waals surface area contributed by atoms with Gasteiger partial charge in [0.15, 0.2) is 11.8 Å². The molecule has 3 rings (SSSR count). The fourth-order valence-electron chi connectivity index (χ4n) is 2.84. The van der Waals surface area contributed by atoms with Crippen LogP contribution in [0.1, 0.15) is 11.8 Å². The minimum Gasteiger partial charge on any atom is -0.394 e. The molecule has 0 aromatic carbocycles. The van der Waals surface area contributed by atoms with E-state index in [1.165, 1.54) is 17.1 Å². The second kappa shape index (κ2) is 5.45. The van der Waals surface area contributed by atoms with Crippen LogP contribution >= 0.6 is 0 Å². The number of nitrogen functional groups attached to an aromatic ring is 1. The van der Waals surface area contributed by atoms with Crippen LogP contribution in [0.25, 0.3) is 11.0 Å². The van der Waals surface area contributed by atoms with Gasteiger partial charge in [0, 0.05) is 11.8 Å². The molecule has 2 aromatic rings. The quantitative estimate of drug-likeness (QED) is 0.413. The third-order valence-electron chi connectivity index (χ3n) is 4.03. The van der Waals surface area contributed by atoms with Crippen molar-refractivity contribution in [2.45, 2.75) is 30.6 Å². The first-order valence-corrected chi connectivity index (χ1v) is 6.83. The molecule has 1 aliphatic rings. The smallest absolute Gasteiger partial charge is 0.199 e. The van der Waals surface area contributed by atoms with E-state index in [0.717, 1.165) is 0 Å². The van der Waals surface area contributed by atoms with Gasteiger partial charge in [0.2, 0.25) is 0 Å². The summed E-state index contributed by atoms with van der Waals surface area (Å²) in [6, 6.07) is 0. The van der Waals surface area contributed by atoms with E-state index in [0.29, 0.717) is 10.9 Å². The number of terminal acetylenes is 1. The number of ether oxygens (including phenoxy) is 1. The molecule has 1 saturated heterocycles. The van der Waals surface area contributed by atoms with Crippen LogP contribution in [0.5, 0.6) is 0 Å². The molecule has 4 atom stereocenters. The van der Waals surface area contributed by atoms with Gasteiger partial charge in [0.05, 0.1) is 18.6 Å². The molecule has 6 N–H and O–H groups in total. The number of hydrogen-bond donors (Lipinski definition) is 5. The molecule has 2 aromatic heterocycles. The van der Waals surface area contributed by atoms with Crippen LogP contribution in [0, 0.1) is 12.3 Å². The maximum Gasteiger partial charge on any atom is 0.199 e. The van der Waals surface area contributed by atoms with Crippen LogP contribution < -0.4 is 5.73 Å². The van der Waals surface area contributed by atoms with Gasteiger partial charge in [-0.1, -0.05) is 5.92 Å². The molecule has 0 radical (unpaired) electrons. The van der Waals surface area contributed by atoms with Gasteiger partial charge in [-0.15, -0.1) is 6.42 Å². The normalized spacial score (nSPS) is 30.7. The highest BCUT2D eigenvalue weighted by atomic mass is 16.6. The van der Waals surface area contributed by atoms with E-state index in [1.807, 2.05) is 0 Å². The average Bonchev–Trinajstić information content (AvgIpc) is 3.05. The zero-order valence-electron chi connectivity index (χ0n) is 12.0. The standard InChI is InChI=1S/C14H16N4O5/c1-2-14(22)10(21)8(5-20)23-13(14)18-3-7(4-19)9-11(15)16-6-17-12(9)18/h1,3,6,8,10,13,19-22H,4-5H2,(H2,15,16,17)/t8-,10-,13-,14-/m1/s1. The fraction of sp³-hybridized carbons (Fsp3) is 0.429. The van der Waals surface area contributed by atoms with Crippen molar-refractivity contribution >= 4 is 16.9 Å². The van der Waals surface area contributed by atoms with E-state index in [-0.39, 0.29) is 18.1 Å². The molecular formula is C14H16N4O5. The Hall–Kier alpha value is -2.22. The van der Waals surface area contributed by atoms with Crippen LogP contribution in [-0.2, 0) is 11.3 Å². The zero-order valence-corrected chi connectivity index (χ0v) is 12.0. The molecule has 0 amide bonds. The van der Waals surface area contributed by atoms with E-state index >= 15 is 0 Å². The van der Waals surface area contributed by atoms with Gasteiger partial charge in [0.1, 0.15) is 30.0 Å². The summed E-state index contributed by atoms with van der Waals surface area (Å²) in [6.45, 7) is -0.862. The van der Waals surface area contributed by atoms with E-state index in [4.69, 9.17) is 16.9 Å². The summed E-state index contributed by atoms with van der Waals surface area (Å²) in [5, 5.41) is 39.9. The molecule has 23 heavy (non-hydrogen) atoms. The number of hydrogen-bond acceptors (Lipinski definition) is 8. The Labute approximate surface area is 131 Å². The Bertz CT molecular complexity index is 785. The Balaban J connectivity index is 2.21. The molecule has 0 spiro atoms. The number of aliphatic hydroxyl groups is 4. The van der Waals surface area contributed by atoms with Crippen molar-refractivity contribution in [2.75, 3.05) is 12.3 Å². The topological polar surface area (TPSA) is 147 Å². The van der Waals surface area contributed by atoms with Gasteiger partial charge in [-0.05, 0) is 0 Å². The maximum atomic E-state index is 10.6. The summed E-state index contributed by atoms with van der Waals surface area (Å²) in [5.74, 6) is 2.27. The summed E-state index contributed by atoms with van der Waals surface area (Å²) < 4.78 is 6.88. The molecule has 1 aliphatic heterocycles. The number of nitrogens with two attached hydrogens (primary N) is 1. The monoisotopic (exact) mass is 320 g/mol. The van der Waals surface area contributed by atoms with Crippen molar-refractivity contribution in [3.63, 3.8) is 0 Å². The summed E-state index contributed by atoms with van der Waals surface area (Å²) in [7, 11) is 0. The van der Waals surface area contributed by atoms with Crippen molar-refractivity contribution in [3.8, 4) is 12.3 Å². The second-order valence-corrected chi connectivity index (χ2v) is 5.30. The highest BCUT2D eigenvalue weighted by Crippen LogP contribution is 2.40. The van der Waals surface area contributed by atoms with Crippen molar-refractivity contribution in [1.29, 1.82) is 0 Å². The van der Waals surface area contributed by atoms with Gasteiger partial charge in [-0.3, -0.25) is 0 Å². The summed E-state index contributed by atoms with van der Waals surface area (Å²) in [4.78, 5) is 7.96. The Morgan fingerprint density at radius 2 is 2.17 bits per heavy atom. The maximum absolute atomic E-state index is 10.6. The largest absolute Gasteiger partial charge is 0.394 e. The minimum absolute atomic E-state index is 0.152. The molecule has 0 unspecified atom stereocenters. The lowest BCUT2D eigenvalue weighted by molar-refractivity contribution is -0.0719. The van der Waals surface area contributed by atoms with E-state index in [9.17, 15) is 20.4 Å². The van der Waals surface area contributed by atoms with E-state index in [1.54, 1.807) is 0 Å². The number of aliphatic hydroxyl groups excluding tert-OH is 3. The van der Waals surface area contributed by atoms with Crippen LogP contribution in [0.2, 0.25) is 0 Å². The lowest BCUT2D eigenvalue weighted by atomic mass is 9.95. The lowest BCUT2D eigenvalue weighted by Gasteiger charge is -2.26.